The molecule has 106 valence electrons. The normalized spacial score (nSPS) is 15.2. The minimum atomic E-state index is -0.948. The fraction of sp³-hybridized carbons (Fsp3) is 0.286. The summed E-state index contributed by atoms with van der Waals surface area (Å²) < 4.78 is 1.77. The third-order valence-corrected chi connectivity index (χ3v) is 4.81. The standard InChI is InChI=1S/C14H12N4O2S/c19-13(20)10-7-2-1-6-9(10)12-17-18-11(8-4-3-5-8)15-16-14(18)21-12/h1-2,6-8H,3-5H2,(H,19,20). The first-order valence-corrected chi connectivity index (χ1v) is 7.60. The molecule has 1 aliphatic carbocycles. The maximum Gasteiger partial charge on any atom is 0.336 e. The highest BCUT2D eigenvalue weighted by Crippen LogP contribution is 2.37. The molecule has 0 saturated heterocycles. The molecule has 1 aliphatic rings. The van der Waals surface area contributed by atoms with Crippen molar-refractivity contribution in [2.75, 3.05) is 0 Å². The first kappa shape index (κ1) is 12.5. The van der Waals surface area contributed by atoms with Gasteiger partial charge in [0.15, 0.2) is 5.82 Å². The molecule has 2 heterocycles. The number of carbonyl (C=O) groups is 1. The molecule has 0 bridgehead atoms. The summed E-state index contributed by atoms with van der Waals surface area (Å²) in [4.78, 5) is 12.0. The van der Waals surface area contributed by atoms with Gasteiger partial charge in [0.05, 0.1) is 5.56 Å². The van der Waals surface area contributed by atoms with Gasteiger partial charge in [-0.1, -0.05) is 36.0 Å². The van der Waals surface area contributed by atoms with E-state index in [1.54, 1.807) is 22.7 Å². The molecule has 0 amide bonds. The average molecular weight is 300 g/mol. The fourth-order valence-electron chi connectivity index (χ4n) is 2.52. The Kier molecular flexibility index (Phi) is 2.75. The summed E-state index contributed by atoms with van der Waals surface area (Å²) in [7, 11) is 0. The SMILES string of the molecule is O=C(O)c1ccccc1-c1nn2c(C3CCC3)nnc2s1. The van der Waals surface area contributed by atoms with E-state index >= 15 is 0 Å². The number of rotatable bonds is 3. The molecule has 2 aromatic heterocycles. The van der Waals surface area contributed by atoms with Gasteiger partial charge in [-0.3, -0.25) is 0 Å². The van der Waals surface area contributed by atoms with Crippen LogP contribution in [0.15, 0.2) is 24.3 Å². The van der Waals surface area contributed by atoms with Crippen LogP contribution in [0.1, 0.15) is 41.4 Å². The summed E-state index contributed by atoms with van der Waals surface area (Å²) in [6.45, 7) is 0. The summed E-state index contributed by atoms with van der Waals surface area (Å²) >= 11 is 1.37. The molecule has 0 atom stereocenters. The Morgan fingerprint density at radius 2 is 2.10 bits per heavy atom. The number of benzene rings is 1. The Morgan fingerprint density at radius 3 is 2.81 bits per heavy atom. The second-order valence-corrected chi connectivity index (χ2v) is 6.09. The first-order chi connectivity index (χ1) is 10.2. The van der Waals surface area contributed by atoms with E-state index in [9.17, 15) is 9.90 Å². The zero-order valence-corrected chi connectivity index (χ0v) is 11.9. The summed E-state index contributed by atoms with van der Waals surface area (Å²) in [6, 6.07) is 6.90. The summed E-state index contributed by atoms with van der Waals surface area (Å²) in [5.74, 6) is 0.381. The van der Waals surface area contributed by atoms with Crippen molar-refractivity contribution in [3.8, 4) is 10.6 Å². The van der Waals surface area contributed by atoms with Gasteiger partial charge < -0.3 is 5.11 Å². The van der Waals surface area contributed by atoms with Crippen LogP contribution in [0, 0.1) is 0 Å². The number of fused-ring (bicyclic) bond motifs is 1. The predicted molar refractivity (Wildman–Crippen MR) is 77.6 cm³/mol. The van der Waals surface area contributed by atoms with E-state index < -0.39 is 5.97 Å². The lowest BCUT2D eigenvalue weighted by Crippen LogP contribution is -2.13. The summed E-state index contributed by atoms with van der Waals surface area (Å²) in [5.41, 5.74) is 0.882. The van der Waals surface area contributed by atoms with Gasteiger partial charge in [-0.2, -0.15) is 9.61 Å². The molecular formula is C14H12N4O2S. The molecule has 1 aromatic carbocycles. The van der Waals surface area contributed by atoms with Crippen LogP contribution in [-0.4, -0.2) is 30.9 Å². The highest BCUT2D eigenvalue weighted by molar-refractivity contribution is 7.19. The van der Waals surface area contributed by atoms with Gasteiger partial charge in [0.1, 0.15) is 5.01 Å². The van der Waals surface area contributed by atoms with E-state index in [1.807, 2.05) is 6.07 Å². The van der Waals surface area contributed by atoms with Crippen LogP contribution < -0.4 is 0 Å². The fourth-order valence-corrected chi connectivity index (χ4v) is 3.40. The molecule has 1 N–H and O–H groups in total. The molecule has 3 aromatic rings. The molecule has 0 spiro atoms. The minimum Gasteiger partial charge on any atom is -0.478 e. The van der Waals surface area contributed by atoms with Crippen molar-refractivity contribution in [3.63, 3.8) is 0 Å². The number of carboxylic acid groups (broad SMARTS) is 1. The minimum absolute atomic E-state index is 0.257. The highest BCUT2D eigenvalue weighted by atomic mass is 32.1. The Morgan fingerprint density at radius 1 is 1.29 bits per heavy atom. The van der Waals surface area contributed by atoms with Crippen LogP contribution in [0.3, 0.4) is 0 Å². The smallest absolute Gasteiger partial charge is 0.336 e. The van der Waals surface area contributed by atoms with Crippen molar-refractivity contribution in [1.29, 1.82) is 0 Å². The average Bonchev–Trinajstić information content (AvgIpc) is 2.99. The van der Waals surface area contributed by atoms with E-state index in [-0.39, 0.29) is 5.56 Å². The Bertz CT molecular complexity index is 834. The van der Waals surface area contributed by atoms with Gasteiger partial charge in [0.2, 0.25) is 4.96 Å². The second kappa shape index (κ2) is 4.63. The van der Waals surface area contributed by atoms with Gasteiger partial charge in [-0.15, -0.1) is 10.2 Å². The number of hydrogen-bond acceptors (Lipinski definition) is 5. The van der Waals surface area contributed by atoms with Crippen molar-refractivity contribution in [3.05, 3.63) is 35.7 Å². The molecule has 6 nitrogen and oxygen atoms in total. The van der Waals surface area contributed by atoms with Gasteiger partial charge in [-0.25, -0.2) is 4.79 Å². The quantitative estimate of drug-likeness (QED) is 0.804. The van der Waals surface area contributed by atoms with Crippen LogP contribution in [0.2, 0.25) is 0 Å². The Hall–Kier alpha value is -2.28. The van der Waals surface area contributed by atoms with Gasteiger partial charge >= 0.3 is 5.97 Å². The van der Waals surface area contributed by atoms with E-state index in [0.29, 0.717) is 21.4 Å². The predicted octanol–water partition coefficient (Wildman–Crippen LogP) is 2.82. The molecule has 0 aliphatic heterocycles. The largest absolute Gasteiger partial charge is 0.478 e. The zero-order valence-electron chi connectivity index (χ0n) is 11.1. The molecule has 1 fully saturated rings. The van der Waals surface area contributed by atoms with Crippen molar-refractivity contribution in [2.24, 2.45) is 0 Å². The molecular weight excluding hydrogens is 288 g/mol. The molecule has 4 rings (SSSR count). The molecule has 1 saturated carbocycles. The van der Waals surface area contributed by atoms with Crippen LogP contribution in [0.25, 0.3) is 15.5 Å². The first-order valence-electron chi connectivity index (χ1n) is 6.79. The van der Waals surface area contributed by atoms with E-state index in [4.69, 9.17) is 0 Å². The maximum atomic E-state index is 11.3. The number of carboxylic acids is 1. The van der Waals surface area contributed by atoms with E-state index in [1.165, 1.54) is 17.8 Å². The van der Waals surface area contributed by atoms with Crippen LogP contribution in [0.4, 0.5) is 0 Å². The van der Waals surface area contributed by atoms with Crippen molar-refractivity contribution < 1.29 is 9.90 Å². The lowest BCUT2D eigenvalue weighted by Gasteiger charge is -2.22. The number of aromatic carboxylic acids is 1. The Labute approximate surface area is 124 Å². The monoisotopic (exact) mass is 300 g/mol. The molecule has 0 radical (unpaired) electrons. The third kappa shape index (κ3) is 1.92. The molecule has 21 heavy (non-hydrogen) atoms. The van der Waals surface area contributed by atoms with Crippen molar-refractivity contribution in [1.82, 2.24) is 19.8 Å². The second-order valence-electron chi connectivity index (χ2n) is 5.14. The molecule has 7 heteroatoms. The zero-order chi connectivity index (χ0) is 14.4. The van der Waals surface area contributed by atoms with Gasteiger partial charge in [0, 0.05) is 11.5 Å². The maximum absolute atomic E-state index is 11.3. The van der Waals surface area contributed by atoms with E-state index in [0.717, 1.165) is 18.7 Å². The third-order valence-electron chi connectivity index (χ3n) is 3.87. The number of hydrogen-bond donors (Lipinski definition) is 1. The van der Waals surface area contributed by atoms with Crippen LogP contribution >= 0.6 is 11.3 Å². The van der Waals surface area contributed by atoms with Gasteiger partial charge in [0.25, 0.3) is 0 Å². The van der Waals surface area contributed by atoms with Crippen LogP contribution in [0.5, 0.6) is 0 Å². The van der Waals surface area contributed by atoms with Crippen LogP contribution in [-0.2, 0) is 0 Å². The topological polar surface area (TPSA) is 80.4 Å². The van der Waals surface area contributed by atoms with E-state index in [2.05, 4.69) is 15.3 Å². The van der Waals surface area contributed by atoms with Crippen molar-refractivity contribution in [2.45, 2.75) is 25.2 Å². The number of aromatic nitrogens is 4. The summed E-state index contributed by atoms with van der Waals surface area (Å²) in [5, 5.41) is 22.9. The Balaban J connectivity index is 1.84. The lowest BCUT2D eigenvalue weighted by atomic mass is 9.85. The van der Waals surface area contributed by atoms with Crippen molar-refractivity contribution >= 4 is 22.3 Å². The van der Waals surface area contributed by atoms with Gasteiger partial charge in [-0.05, 0) is 18.9 Å². The number of nitrogens with zero attached hydrogens (tertiary/aromatic N) is 4. The highest BCUT2D eigenvalue weighted by Gasteiger charge is 2.26. The molecule has 0 unspecified atom stereocenters. The lowest BCUT2D eigenvalue weighted by molar-refractivity contribution is 0.0697. The summed E-state index contributed by atoms with van der Waals surface area (Å²) in [6.07, 6.45) is 3.47.